The Morgan fingerprint density at radius 3 is 2.76 bits per heavy atom. The van der Waals surface area contributed by atoms with E-state index >= 15 is 0 Å². The van der Waals surface area contributed by atoms with Crippen LogP contribution in [0.5, 0.6) is 0 Å². The lowest BCUT2D eigenvalue weighted by atomic mass is 10.1. The Labute approximate surface area is 131 Å². The fourth-order valence-corrected chi connectivity index (χ4v) is 3.67. The molecule has 1 amide bonds. The van der Waals surface area contributed by atoms with Crippen molar-refractivity contribution in [2.75, 3.05) is 18.6 Å². The molecule has 2 fully saturated rings. The number of rotatable bonds is 6. The van der Waals surface area contributed by atoms with Crippen LogP contribution in [-0.4, -0.2) is 34.9 Å². The van der Waals surface area contributed by atoms with E-state index in [1.807, 2.05) is 11.8 Å². The van der Waals surface area contributed by atoms with Crippen LogP contribution in [0.2, 0.25) is 0 Å². The van der Waals surface area contributed by atoms with Gasteiger partial charge in [-0.05, 0) is 55.7 Å². The first-order chi connectivity index (χ1) is 10.2. The third kappa shape index (κ3) is 2.84. The molecule has 21 heavy (non-hydrogen) atoms. The Balaban J connectivity index is 1.77. The molecule has 1 spiro atoms. The highest BCUT2D eigenvalue weighted by molar-refractivity contribution is 7.98. The second-order valence-electron chi connectivity index (χ2n) is 6.18. The van der Waals surface area contributed by atoms with E-state index in [9.17, 15) is 4.79 Å². The van der Waals surface area contributed by atoms with Crippen LogP contribution in [0.4, 0.5) is 0 Å². The van der Waals surface area contributed by atoms with Crippen molar-refractivity contribution in [2.45, 2.75) is 44.3 Å². The van der Waals surface area contributed by atoms with Crippen LogP contribution in [0.25, 0.3) is 0 Å². The highest BCUT2D eigenvalue weighted by Gasteiger charge is 2.59. The second-order valence-corrected chi connectivity index (χ2v) is 7.17. The first kappa shape index (κ1) is 14.9. The van der Waals surface area contributed by atoms with Crippen molar-refractivity contribution in [3.05, 3.63) is 35.4 Å². The summed E-state index contributed by atoms with van der Waals surface area (Å²) in [6.45, 7) is 3.00. The highest BCUT2D eigenvalue weighted by atomic mass is 32.2. The molecule has 1 saturated carbocycles. The van der Waals surface area contributed by atoms with Crippen LogP contribution >= 0.6 is 11.8 Å². The van der Waals surface area contributed by atoms with E-state index in [2.05, 4.69) is 47.7 Å². The Morgan fingerprint density at radius 1 is 1.33 bits per heavy atom. The molecule has 0 radical (unpaired) electrons. The van der Waals surface area contributed by atoms with Crippen molar-refractivity contribution < 1.29 is 4.79 Å². The third-order valence-corrected chi connectivity index (χ3v) is 5.32. The first-order valence-corrected chi connectivity index (χ1v) is 9.20. The van der Waals surface area contributed by atoms with Gasteiger partial charge in [-0.25, -0.2) is 0 Å². The Kier molecular flexibility index (Phi) is 4.27. The van der Waals surface area contributed by atoms with Crippen molar-refractivity contribution in [1.29, 1.82) is 0 Å². The van der Waals surface area contributed by atoms with Crippen molar-refractivity contribution >= 4 is 17.7 Å². The zero-order valence-electron chi connectivity index (χ0n) is 12.9. The van der Waals surface area contributed by atoms with Gasteiger partial charge in [0.1, 0.15) is 11.7 Å². The maximum absolute atomic E-state index is 12.7. The van der Waals surface area contributed by atoms with E-state index in [0.717, 1.165) is 25.8 Å². The minimum absolute atomic E-state index is 0.0653. The molecule has 1 aromatic rings. The second kappa shape index (κ2) is 6.01. The van der Waals surface area contributed by atoms with E-state index in [4.69, 9.17) is 0 Å². The number of aryl methyl sites for hydroxylation is 1. The van der Waals surface area contributed by atoms with Crippen LogP contribution in [0.15, 0.2) is 24.3 Å². The molecular formula is C17H24N2OS. The number of carbonyl (C=O) groups excluding carboxylic acids is 1. The maximum atomic E-state index is 12.7. The lowest BCUT2D eigenvalue weighted by Gasteiger charge is -2.25. The smallest absolute Gasteiger partial charge is 0.244 e. The molecule has 2 aliphatic rings. The van der Waals surface area contributed by atoms with Gasteiger partial charge in [-0.2, -0.15) is 11.8 Å². The average Bonchev–Trinajstić information content (AvgIpc) is 3.21. The van der Waals surface area contributed by atoms with Crippen LogP contribution in [0, 0.1) is 6.92 Å². The molecule has 1 N–H and O–H groups in total. The molecular weight excluding hydrogens is 280 g/mol. The summed E-state index contributed by atoms with van der Waals surface area (Å²) in [6, 6.07) is 8.41. The summed E-state index contributed by atoms with van der Waals surface area (Å²) in [7, 11) is 0. The molecule has 1 atom stereocenters. The number of nitrogens with zero attached hydrogens (tertiary/aromatic N) is 1. The third-order valence-electron chi connectivity index (χ3n) is 4.63. The molecule has 1 aliphatic heterocycles. The van der Waals surface area contributed by atoms with E-state index in [1.165, 1.54) is 23.3 Å². The van der Waals surface area contributed by atoms with Gasteiger partial charge in [0.15, 0.2) is 0 Å². The van der Waals surface area contributed by atoms with Gasteiger partial charge in [0.05, 0.1) is 0 Å². The summed E-state index contributed by atoms with van der Waals surface area (Å²) >= 11 is 1.88. The van der Waals surface area contributed by atoms with Gasteiger partial charge in [-0.3, -0.25) is 10.1 Å². The number of hydrogen-bond acceptors (Lipinski definition) is 3. The molecule has 4 heteroatoms. The molecule has 3 rings (SSSR count). The van der Waals surface area contributed by atoms with Gasteiger partial charge in [0, 0.05) is 6.54 Å². The summed E-state index contributed by atoms with van der Waals surface area (Å²) in [5.74, 6) is 1.50. The monoisotopic (exact) mass is 304 g/mol. The Morgan fingerprint density at radius 2 is 2.10 bits per heavy atom. The minimum Gasteiger partial charge on any atom is -0.321 e. The largest absolute Gasteiger partial charge is 0.321 e. The van der Waals surface area contributed by atoms with Gasteiger partial charge < -0.3 is 4.90 Å². The van der Waals surface area contributed by atoms with Gasteiger partial charge >= 0.3 is 0 Å². The predicted molar refractivity (Wildman–Crippen MR) is 88.3 cm³/mol. The molecule has 0 aromatic heterocycles. The number of amides is 1. The summed E-state index contributed by atoms with van der Waals surface area (Å²) < 4.78 is 0. The van der Waals surface area contributed by atoms with Crippen molar-refractivity contribution in [3.63, 3.8) is 0 Å². The van der Waals surface area contributed by atoms with Crippen LogP contribution < -0.4 is 5.32 Å². The molecule has 3 nitrogen and oxygen atoms in total. The van der Waals surface area contributed by atoms with E-state index in [-0.39, 0.29) is 11.7 Å². The van der Waals surface area contributed by atoms with Crippen molar-refractivity contribution in [3.8, 4) is 0 Å². The highest BCUT2D eigenvalue weighted by Crippen LogP contribution is 2.46. The topological polar surface area (TPSA) is 32.3 Å². The molecule has 1 aliphatic carbocycles. The number of benzene rings is 1. The lowest BCUT2D eigenvalue weighted by Crippen LogP contribution is -2.33. The van der Waals surface area contributed by atoms with Gasteiger partial charge in [-0.15, -0.1) is 0 Å². The summed E-state index contributed by atoms with van der Waals surface area (Å²) in [5.41, 5.74) is 2.28. The normalized spacial score (nSPS) is 23.0. The lowest BCUT2D eigenvalue weighted by molar-refractivity contribution is -0.130. The first-order valence-electron chi connectivity index (χ1n) is 7.81. The zero-order chi connectivity index (χ0) is 14.9. The van der Waals surface area contributed by atoms with E-state index < -0.39 is 0 Å². The maximum Gasteiger partial charge on any atom is 0.244 e. The van der Waals surface area contributed by atoms with Crippen molar-refractivity contribution in [2.24, 2.45) is 0 Å². The molecule has 1 unspecified atom stereocenters. The Hall–Kier alpha value is -1.00. The molecule has 114 valence electrons. The number of hydrogen-bond donors (Lipinski definition) is 1. The quantitative estimate of drug-likeness (QED) is 0.820. The molecule has 1 aromatic carbocycles. The number of nitrogens with one attached hydrogen (secondary N) is 1. The fraction of sp³-hybridized carbons (Fsp3) is 0.588. The minimum atomic E-state index is -0.230. The van der Waals surface area contributed by atoms with E-state index in [0.29, 0.717) is 5.91 Å². The molecule has 0 bridgehead atoms. The van der Waals surface area contributed by atoms with Crippen LogP contribution in [0.3, 0.4) is 0 Å². The van der Waals surface area contributed by atoms with Gasteiger partial charge in [-0.1, -0.05) is 24.3 Å². The number of carbonyl (C=O) groups is 1. The van der Waals surface area contributed by atoms with Gasteiger partial charge in [0.2, 0.25) is 5.91 Å². The summed E-state index contributed by atoms with van der Waals surface area (Å²) in [4.78, 5) is 14.8. The summed E-state index contributed by atoms with van der Waals surface area (Å²) in [5, 5.41) is 3.61. The predicted octanol–water partition coefficient (Wildman–Crippen LogP) is 3.10. The van der Waals surface area contributed by atoms with Crippen molar-refractivity contribution in [1.82, 2.24) is 10.2 Å². The summed E-state index contributed by atoms with van der Waals surface area (Å²) in [6.07, 6.45) is 6.46. The number of thioether (sulfide) groups is 1. The average molecular weight is 304 g/mol. The fourth-order valence-electron chi connectivity index (χ4n) is 3.18. The van der Waals surface area contributed by atoms with E-state index in [1.54, 1.807) is 0 Å². The SMILES string of the molecule is CSCCCCN1C(=O)C2(CC2)NC1c1ccccc1C. The molecule has 1 saturated heterocycles. The molecule has 1 heterocycles. The van der Waals surface area contributed by atoms with Crippen LogP contribution in [0.1, 0.15) is 43.0 Å². The van der Waals surface area contributed by atoms with Gasteiger partial charge in [0.25, 0.3) is 0 Å². The zero-order valence-corrected chi connectivity index (χ0v) is 13.7. The number of unbranched alkanes of at least 4 members (excludes halogenated alkanes) is 1. The standard InChI is InChI=1S/C17H24N2OS/c1-13-7-3-4-8-14(13)15-18-17(9-10-17)16(20)19(15)11-5-6-12-21-2/h3-4,7-8,15,18H,5-6,9-12H2,1-2H3. The Bertz CT molecular complexity index is 527. The van der Waals surface area contributed by atoms with Crippen LogP contribution in [-0.2, 0) is 4.79 Å².